The van der Waals surface area contributed by atoms with Crippen LogP contribution in [-0.4, -0.2) is 14.6 Å². The molecule has 0 atom stereocenters. The van der Waals surface area contributed by atoms with Crippen LogP contribution in [0.3, 0.4) is 0 Å². The molecule has 0 amide bonds. The lowest BCUT2D eigenvalue weighted by molar-refractivity contribution is 0.885. The normalized spacial score (nSPS) is 11.1. The molecule has 0 aliphatic rings. The van der Waals surface area contributed by atoms with Gasteiger partial charge in [0, 0.05) is 0 Å². The van der Waals surface area contributed by atoms with Crippen molar-refractivity contribution in [3.63, 3.8) is 0 Å². The van der Waals surface area contributed by atoms with E-state index in [0.29, 0.717) is 5.15 Å². The van der Waals surface area contributed by atoms with Gasteiger partial charge in [-0.1, -0.05) is 11.6 Å². The van der Waals surface area contributed by atoms with Crippen LogP contribution in [0.15, 0.2) is 6.33 Å². The van der Waals surface area contributed by atoms with Gasteiger partial charge in [-0.15, -0.1) is 0 Å². The van der Waals surface area contributed by atoms with Crippen LogP contribution >= 0.6 is 11.6 Å². The van der Waals surface area contributed by atoms with Crippen LogP contribution in [0.1, 0.15) is 16.8 Å². The number of halogens is 1. The average Bonchev–Trinajstić information content (AvgIpc) is 2.33. The monoisotopic (exact) mass is 195 g/mol. The van der Waals surface area contributed by atoms with Gasteiger partial charge in [0.2, 0.25) is 0 Å². The molecule has 0 aromatic carbocycles. The molecule has 0 saturated heterocycles. The summed E-state index contributed by atoms with van der Waals surface area (Å²) in [6.45, 7) is 5.98. The third-order valence-corrected chi connectivity index (χ3v) is 2.83. The Morgan fingerprint density at radius 3 is 2.54 bits per heavy atom. The molecule has 68 valence electrons. The zero-order valence-corrected chi connectivity index (χ0v) is 8.55. The fourth-order valence-corrected chi connectivity index (χ4v) is 1.78. The maximum Gasteiger partial charge on any atom is 0.136 e. The number of hydrogen-bond acceptors (Lipinski definition) is 2. The summed E-state index contributed by atoms with van der Waals surface area (Å²) in [5.74, 6) is 0. The van der Waals surface area contributed by atoms with E-state index in [1.54, 1.807) is 4.52 Å². The Morgan fingerprint density at radius 1 is 1.23 bits per heavy atom. The first-order valence-corrected chi connectivity index (χ1v) is 4.45. The largest absolute Gasteiger partial charge is 0.238 e. The maximum atomic E-state index is 6.09. The lowest BCUT2D eigenvalue weighted by Gasteiger charge is -1.97. The molecule has 0 aliphatic heterocycles. The van der Waals surface area contributed by atoms with E-state index >= 15 is 0 Å². The molecule has 0 radical (unpaired) electrons. The highest BCUT2D eigenvalue weighted by Crippen LogP contribution is 2.25. The Hall–Kier alpha value is -1.09. The summed E-state index contributed by atoms with van der Waals surface area (Å²) in [6.07, 6.45) is 1.52. The van der Waals surface area contributed by atoms with Crippen molar-refractivity contribution < 1.29 is 0 Å². The third-order valence-electron chi connectivity index (χ3n) is 2.39. The molecule has 0 saturated carbocycles. The lowest BCUT2D eigenvalue weighted by Crippen LogP contribution is -1.95. The number of nitrogens with zero attached hydrogens (tertiary/aromatic N) is 3. The highest BCUT2D eigenvalue weighted by Gasteiger charge is 2.12. The fourth-order valence-electron chi connectivity index (χ4n) is 1.51. The van der Waals surface area contributed by atoms with E-state index in [1.807, 2.05) is 20.8 Å². The molecular formula is C9H10ClN3. The molecule has 0 bridgehead atoms. The molecule has 0 unspecified atom stereocenters. The van der Waals surface area contributed by atoms with E-state index in [9.17, 15) is 0 Å². The number of rotatable bonds is 0. The average molecular weight is 196 g/mol. The van der Waals surface area contributed by atoms with Crippen molar-refractivity contribution in [2.75, 3.05) is 0 Å². The smallest absolute Gasteiger partial charge is 0.136 e. The van der Waals surface area contributed by atoms with Gasteiger partial charge >= 0.3 is 0 Å². The van der Waals surface area contributed by atoms with Gasteiger partial charge in [0.15, 0.2) is 0 Å². The van der Waals surface area contributed by atoms with E-state index in [-0.39, 0.29) is 0 Å². The fraction of sp³-hybridized carbons (Fsp3) is 0.333. The summed E-state index contributed by atoms with van der Waals surface area (Å²) >= 11 is 6.09. The summed E-state index contributed by atoms with van der Waals surface area (Å²) < 4.78 is 1.73. The Labute approximate surface area is 81.4 Å². The van der Waals surface area contributed by atoms with E-state index in [1.165, 1.54) is 6.33 Å². The predicted molar refractivity (Wildman–Crippen MR) is 52.2 cm³/mol. The van der Waals surface area contributed by atoms with Gasteiger partial charge in [-0.2, -0.15) is 5.10 Å². The second kappa shape index (κ2) is 2.70. The molecule has 13 heavy (non-hydrogen) atoms. The second-order valence-corrected chi connectivity index (χ2v) is 3.50. The van der Waals surface area contributed by atoms with Crippen molar-refractivity contribution in [1.82, 2.24) is 14.6 Å². The summed E-state index contributed by atoms with van der Waals surface area (Å²) in [7, 11) is 0. The van der Waals surface area contributed by atoms with Gasteiger partial charge in [0.05, 0.1) is 11.2 Å². The molecule has 2 aromatic heterocycles. The highest BCUT2D eigenvalue weighted by molar-refractivity contribution is 6.31. The Kier molecular flexibility index (Phi) is 1.77. The van der Waals surface area contributed by atoms with Crippen molar-refractivity contribution in [2.24, 2.45) is 0 Å². The van der Waals surface area contributed by atoms with Crippen LogP contribution in [0, 0.1) is 20.8 Å². The number of aryl methyl sites for hydroxylation is 2. The van der Waals surface area contributed by atoms with E-state index in [0.717, 1.165) is 22.3 Å². The zero-order chi connectivity index (χ0) is 9.59. The van der Waals surface area contributed by atoms with Gasteiger partial charge in [0.1, 0.15) is 11.5 Å². The van der Waals surface area contributed by atoms with Gasteiger partial charge < -0.3 is 0 Å². The predicted octanol–water partition coefficient (Wildman–Crippen LogP) is 2.31. The zero-order valence-electron chi connectivity index (χ0n) is 7.80. The van der Waals surface area contributed by atoms with Crippen LogP contribution in [0.25, 0.3) is 5.52 Å². The molecule has 0 N–H and O–H groups in total. The first-order chi connectivity index (χ1) is 6.13. The molecule has 0 spiro atoms. The molecule has 4 heteroatoms. The van der Waals surface area contributed by atoms with E-state index in [4.69, 9.17) is 11.6 Å². The molecule has 3 nitrogen and oxygen atoms in total. The first kappa shape index (κ1) is 8.51. The minimum atomic E-state index is 0.679. The second-order valence-electron chi connectivity index (χ2n) is 3.15. The standard InChI is InChI=1S/C9H10ClN3/c1-5-6(2)9(10)13-8(5)7(3)11-4-12-13/h4H,1-3H3. The number of aromatic nitrogens is 3. The van der Waals surface area contributed by atoms with Crippen molar-refractivity contribution in [1.29, 1.82) is 0 Å². The van der Waals surface area contributed by atoms with Crippen molar-refractivity contribution in [2.45, 2.75) is 20.8 Å². The summed E-state index contributed by atoms with van der Waals surface area (Å²) in [6, 6.07) is 0. The van der Waals surface area contributed by atoms with E-state index in [2.05, 4.69) is 10.1 Å². The Morgan fingerprint density at radius 2 is 1.92 bits per heavy atom. The summed E-state index contributed by atoms with van der Waals surface area (Å²) in [5.41, 5.74) is 4.21. The summed E-state index contributed by atoms with van der Waals surface area (Å²) in [5, 5.41) is 4.78. The topological polar surface area (TPSA) is 30.2 Å². The minimum absolute atomic E-state index is 0.679. The number of hydrogen-bond donors (Lipinski definition) is 0. The van der Waals surface area contributed by atoms with Crippen LogP contribution in [0.4, 0.5) is 0 Å². The van der Waals surface area contributed by atoms with Crippen molar-refractivity contribution in [3.8, 4) is 0 Å². The van der Waals surface area contributed by atoms with E-state index < -0.39 is 0 Å². The highest BCUT2D eigenvalue weighted by atomic mass is 35.5. The maximum absolute atomic E-state index is 6.09. The molecule has 0 aliphatic carbocycles. The van der Waals surface area contributed by atoms with Crippen molar-refractivity contribution in [3.05, 3.63) is 28.3 Å². The molecule has 2 rings (SSSR count). The Bertz CT molecular complexity index is 473. The van der Waals surface area contributed by atoms with Gasteiger partial charge in [0.25, 0.3) is 0 Å². The van der Waals surface area contributed by atoms with Crippen LogP contribution in [0.5, 0.6) is 0 Å². The quantitative estimate of drug-likeness (QED) is 0.646. The minimum Gasteiger partial charge on any atom is -0.238 e. The molecule has 0 fully saturated rings. The van der Waals surface area contributed by atoms with Gasteiger partial charge in [-0.3, -0.25) is 0 Å². The van der Waals surface area contributed by atoms with Crippen LogP contribution in [-0.2, 0) is 0 Å². The third kappa shape index (κ3) is 1.04. The van der Waals surface area contributed by atoms with Crippen LogP contribution < -0.4 is 0 Å². The Balaban J connectivity index is 3.03. The summed E-state index contributed by atoms with van der Waals surface area (Å²) in [4.78, 5) is 4.13. The first-order valence-electron chi connectivity index (χ1n) is 4.08. The molecule has 2 heterocycles. The molecular weight excluding hydrogens is 186 g/mol. The SMILES string of the molecule is Cc1c(C)c2c(C)ncnn2c1Cl. The van der Waals surface area contributed by atoms with Gasteiger partial charge in [-0.05, 0) is 31.9 Å². The number of fused-ring (bicyclic) bond motifs is 1. The van der Waals surface area contributed by atoms with Gasteiger partial charge in [-0.25, -0.2) is 9.50 Å². The lowest BCUT2D eigenvalue weighted by atomic mass is 10.2. The van der Waals surface area contributed by atoms with Crippen molar-refractivity contribution >= 4 is 17.1 Å². The molecule has 2 aromatic rings. The van der Waals surface area contributed by atoms with Crippen LogP contribution in [0.2, 0.25) is 5.15 Å².